The largest absolute Gasteiger partial charge is 0.487 e. The third-order valence-electron chi connectivity index (χ3n) is 7.01. The molecule has 2 atom stereocenters. The smallest absolute Gasteiger partial charge is 0.312 e. The SMILES string of the molecule is Cc1ccc([C@@H](OCc2cn(C)nn2)C(C)(C)C(=O)O)cc1CN1Cc2ncccc2OC(C(C)C)C1. The monoisotopic (exact) mass is 507 g/mol. The van der Waals surface area contributed by atoms with Crippen molar-refractivity contribution in [2.75, 3.05) is 6.54 Å². The number of rotatable bonds is 9. The highest BCUT2D eigenvalue weighted by molar-refractivity contribution is 5.74. The van der Waals surface area contributed by atoms with E-state index in [1.165, 1.54) is 0 Å². The molecule has 0 saturated heterocycles. The minimum absolute atomic E-state index is 0.0444. The summed E-state index contributed by atoms with van der Waals surface area (Å²) in [6.07, 6.45) is 2.94. The number of fused-ring (bicyclic) bond motifs is 1. The number of carboxylic acid groups (broad SMARTS) is 1. The van der Waals surface area contributed by atoms with Gasteiger partial charge in [-0.25, -0.2) is 0 Å². The Kier molecular flexibility index (Phi) is 7.94. The quantitative estimate of drug-likeness (QED) is 0.457. The maximum atomic E-state index is 12.2. The molecule has 1 aliphatic heterocycles. The zero-order valence-electron chi connectivity index (χ0n) is 22.5. The normalized spacial score (nSPS) is 17.2. The van der Waals surface area contributed by atoms with Crippen LogP contribution in [0.3, 0.4) is 0 Å². The van der Waals surface area contributed by atoms with Gasteiger partial charge in [-0.3, -0.25) is 19.4 Å². The lowest BCUT2D eigenvalue weighted by Gasteiger charge is -2.31. The van der Waals surface area contributed by atoms with Gasteiger partial charge in [0.15, 0.2) is 0 Å². The van der Waals surface area contributed by atoms with Crippen molar-refractivity contribution in [1.82, 2.24) is 24.9 Å². The van der Waals surface area contributed by atoms with Crippen LogP contribution in [-0.4, -0.2) is 48.6 Å². The van der Waals surface area contributed by atoms with Crippen molar-refractivity contribution in [2.45, 2.75) is 66.5 Å². The number of carbonyl (C=O) groups is 1. The molecule has 1 aliphatic rings. The first kappa shape index (κ1) is 26.8. The van der Waals surface area contributed by atoms with Crippen molar-refractivity contribution in [3.63, 3.8) is 0 Å². The fraction of sp³-hybridized carbons (Fsp3) is 0.500. The van der Waals surface area contributed by atoms with Gasteiger partial charge in [0.25, 0.3) is 0 Å². The summed E-state index contributed by atoms with van der Waals surface area (Å²) in [4.78, 5) is 19.2. The Morgan fingerprint density at radius 2 is 2.08 bits per heavy atom. The van der Waals surface area contributed by atoms with Crippen molar-refractivity contribution in [2.24, 2.45) is 18.4 Å². The highest BCUT2D eigenvalue weighted by Gasteiger charge is 2.39. The predicted octanol–water partition coefficient (Wildman–Crippen LogP) is 4.31. The molecule has 0 spiro atoms. The van der Waals surface area contributed by atoms with Gasteiger partial charge in [0.05, 0.1) is 30.0 Å². The van der Waals surface area contributed by atoms with Gasteiger partial charge in [-0.1, -0.05) is 37.3 Å². The zero-order chi connectivity index (χ0) is 26.7. The van der Waals surface area contributed by atoms with Crippen molar-refractivity contribution >= 4 is 5.97 Å². The summed E-state index contributed by atoms with van der Waals surface area (Å²) < 4.78 is 14.1. The average molecular weight is 508 g/mol. The van der Waals surface area contributed by atoms with Gasteiger partial charge >= 0.3 is 5.97 Å². The number of carboxylic acids is 1. The van der Waals surface area contributed by atoms with Gasteiger partial charge in [-0.05, 0) is 55.5 Å². The Morgan fingerprint density at radius 1 is 1.30 bits per heavy atom. The van der Waals surface area contributed by atoms with Gasteiger partial charge < -0.3 is 14.6 Å². The number of nitrogens with zero attached hydrogens (tertiary/aromatic N) is 5. The van der Waals surface area contributed by atoms with E-state index in [4.69, 9.17) is 9.47 Å². The Balaban J connectivity index is 1.62. The van der Waals surface area contributed by atoms with E-state index < -0.39 is 17.5 Å². The van der Waals surface area contributed by atoms with Crippen molar-refractivity contribution in [1.29, 1.82) is 0 Å². The summed E-state index contributed by atoms with van der Waals surface area (Å²) in [7, 11) is 1.78. The van der Waals surface area contributed by atoms with Crippen LogP contribution in [0.5, 0.6) is 5.75 Å². The molecule has 9 heteroatoms. The first-order valence-corrected chi connectivity index (χ1v) is 12.7. The molecule has 1 N–H and O–H groups in total. The van der Waals surface area contributed by atoms with Crippen molar-refractivity contribution < 1.29 is 19.4 Å². The standard InChI is InChI=1S/C28H37N5O4/c1-18(2)25-16-33(15-23-24(37-25)8-7-11-29-23)13-21-12-20(10-9-19(21)3)26(28(4,5)27(34)35)36-17-22-14-32(6)31-30-22/h7-12,14,18,25-26H,13,15-17H2,1-6H3,(H,34,35)/t25?,26-/m1/s1. The van der Waals surface area contributed by atoms with Gasteiger partial charge in [-0.2, -0.15) is 0 Å². The Hall–Kier alpha value is -3.30. The number of ether oxygens (including phenoxy) is 2. The van der Waals surface area contributed by atoms with E-state index in [0.717, 1.165) is 34.7 Å². The Bertz CT molecular complexity index is 1240. The van der Waals surface area contributed by atoms with E-state index >= 15 is 0 Å². The van der Waals surface area contributed by atoms with Crippen LogP contribution in [0.4, 0.5) is 0 Å². The summed E-state index contributed by atoms with van der Waals surface area (Å²) in [5.74, 6) is 0.261. The second-order valence-electron chi connectivity index (χ2n) is 10.8. The van der Waals surface area contributed by atoms with Crippen LogP contribution in [0.2, 0.25) is 0 Å². The summed E-state index contributed by atoms with van der Waals surface area (Å²) in [6, 6.07) is 9.98. The van der Waals surface area contributed by atoms with Crippen LogP contribution in [0.15, 0.2) is 42.7 Å². The molecule has 4 rings (SSSR count). The molecule has 9 nitrogen and oxygen atoms in total. The van der Waals surface area contributed by atoms with Crippen LogP contribution < -0.4 is 4.74 Å². The first-order valence-electron chi connectivity index (χ1n) is 12.7. The van der Waals surface area contributed by atoms with Gasteiger partial charge in [0.1, 0.15) is 17.5 Å². The van der Waals surface area contributed by atoms with Crippen LogP contribution in [0.1, 0.15) is 61.9 Å². The van der Waals surface area contributed by atoms with Crippen LogP contribution in [-0.2, 0) is 36.3 Å². The van der Waals surface area contributed by atoms with Crippen molar-refractivity contribution in [3.8, 4) is 5.75 Å². The van der Waals surface area contributed by atoms with Gasteiger partial charge in [-0.15, -0.1) is 5.10 Å². The maximum Gasteiger partial charge on any atom is 0.312 e. The molecule has 37 heavy (non-hydrogen) atoms. The van der Waals surface area contributed by atoms with Crippen molar-refractivity contribution in [3.05, 3.63) is 70.8 Å². The molecule has 1 aromatic carbocycles. The predicted molar refractivity (Wildman–Crippen MR) is 139 cm³/mol. The number of benzene rings is 1. The summed E-state index contributed by atoms with van der Waals surface area (Å²) in [5.41, 5.74) is 3.50. The fourth-order valence-electron chi connectivity index (χ4n) is 4.58. The molecule has 1 unspecified atom stereocenters. The minimum atomic E-state index is -1.16. The number of aryl methyl sites for hydroxylation is 2. The first-order chi connectivity index (χ1) is 17.5. The topological polar surface area (TPSA) is 103 Å². The lowest BCUT2D eigenvalue weighted by Crippen LogP contribution is -2.36. The van der Waals surface area contributed by atoms with E-state index in [1.54, 1.807) is 38.0 Å². The van der Waals surface area contributed by atoms with Crippen LogP contribution in [0.25, 0.3) is 0 Å². The Morgan fingerprint density at radius 3 is 2.76 bits per heavy atom. The maximum absolute atomic E-state index is 12.2. The molecule has 198 valence electrons. The van der Waals surface area contributed by atoms with E-state index in [-0.39, 0.29) is 12.7 Å². The molecule has 0 bridgehead atoms. The fourth-order valence-corrected chi connectivity index (χ4v) is 4.58. The third kappa shape index (κ3) is 6.17. The lowest BCUT2D eigenvalue weighted by atomic mass is 9.81. The van der Waals surface area contributed by atoms with E-state index in [0.29, 0.717) is 24.7 Å². The van der Waals surface area contributed by atoms with Gasteiger partial charge in [0.2, 0.25) is 0 Å². The molecule has 0 fully saturated rings. The average Bonchev–Trinajstić information content (AvgIpc) is 3.16. The van der Waals surface area contributed by atoms with E-state index in [9.17, 15) is 9.90 Å². The second-order valence-corrected chi connectivity index (χ2v) is 10.8. The number of aromatic nitrogens is 4. The Labute approximate surface area is 218 Å². The highest BCUT2D eigenvalue weighted by atomic mass is 16.5. The molecule has 0 amide bonds. The number of aliphatic carboxylic acids is 1. The number of pyridine rings is 1. The number of hydrogen-bond acceptors (Lipinski definition) is 7. The molecular weight excluding hydrogens is 470 g/mol. The summed E-state index contributed by atoms with van der Waals surface area (Å²) in [5, 5.41) is 18.1. The summed E-state index contributed by atoms with van der Waals surface area (Å²) >= 11 is 0. The molecule has 3 heterocycles. The van der Waals surface area contributed by atoms with E-state index in [1.807, 2.05) is 24.3 Å². The number of hydrogen-bond donors (Lipinski definition) is 1. The highest BCUT2D eigenvalue weighted by Crippen LogP contribution is 2.38. The van der Waals surface area contributed by atoms with Gasteiger partial charge in [0, 0.05) is 32.9 Å². The summed E-state index contributed by atoms with van der Waals surface area (Å²) in [6.45, 7) is 12.1. The second kappa shape index (κ2) is 11.0. The zero-order valence-corrected chi connectivity index (χ0v) is 22.5. The third-order valence-corrected chi connectivity index (χ3v) is 7.01. The molecule has 2 aromatic heterocycles. The van der Waals surface area contributed by atoms with Crippen LogP contribution in [0, 0.1) is 18.3 Å². The van der Waals surface area contributed by atoms with E-state index in [2.05, 4.69) is 47.0 Å². The molecule has 0 aliphatic carbocycles. The van der Waals surface area contributed by atoms with Crippen LogP contribution >= 0.6 is 0 Å². The molecule has 3 aromatic rings. The molecule has 0 saturated carbocycles. The molecule has 0 radical (unpaired) electrons. The molecular formula is C28H37N5O4. The lowest BCUT2D eigenvalue weighted by molar-refractivity contribution is -0.158. The minimum Gasteiger partial charge on any atom is -0.487 e.